The molecule has 2 atom stereocenters. The van der Waals surface area contributed by atoms with Gasteiger partial charge in [0, 0.05) is 38.7 Å². The van der Waals surface area contributed by atoms with E-state index in [1.54, 1.807) is 12.1 Å². The molecule has 146 valence electrons. The molecule has 27 heavy (non-hydrogen) atoms. The monoisotopic (exact) mass is 392 g/mol. The maximum absolute atomic E-state index is 13.3. The summed E-state index contributed by atoms with van der Waals surface area (Å²) in [7, 11) is -1.83. The highest BCUT2D eigenvalue weighted by Gasteiger charge is 2.43. The van der Waals surface area contributed by atoms with Gasteiger partial charge in [0.2, 0.25) is 15.9 Å². The number of aliphatic hydroxyl groups is 1. The topological polar surface area (TPSA) is 99.8 Å². The van der Waals surface area contributed by atoms with Gasteiger partial charge in [-0.05, 0) is 30.5 Å². The number of hydrogen-bond acceptors (Lipinski definition) is 7. The second-order valence-corrected chi connectivity index (χ2v) is 9.09. The Labute approximate surface area is 158 Å². The summed E-state index contributed by atoms with van der Waals surface area (Å²) in [5.41, 5.74) is 2.11. The van der Waals surface area contributed by atoms with Crippen LogP contribution in [0.5, 0.6) is 0 Å². The van der Waals surface area contributed by atoms with E-state index in [0.29, 0.717) is 12.2 Å². The van der Waals surface area contributed by atoms with Crippen molar-refractivity contribution in [1.82, 2.24) is 14.4 Å². The molecule has 1 aromatic heterocycles. The first kappa shape index (κ1) is 18.4. The lowest BCUT2D eigenvalue weighted by atomic mass is 10.0. The molecule has 2 aromatic rings. The second kappa shape index (κ2) is 6.88. The number of benzene rings is 1. The SMILES string of the molecule is CCc1noc([C@H]2C[C@H](O)CN2S(=O)(=O)c2ccc3c(c2)N(C)CCC3)n1. The maximum atomic E-state index is 13.3. The summed E-state index contributed by atoms with van der Waals surface area (Å²) in [6.07, 6.45) is 2.10. The van der Waals surface area contributed by atoms with Gasteiger partial charge >= 0.3 is 0 Å². The third-order valence-corrected chi connectivity index (χ3v) is 7.20. The Balaban J connectivity index is 1.70. The number of aromatic nitrogens is 2. The van der Waals surface area contributed by atoms with Crippen molar-refractivity contribution >= 4 is 15.7 Å². The van der Waals surface area contributed by atoms with Gasteiger partial charge in [-0.2, -0.15) is 9.29 Å². The Morgan fingerprint density at radius 3 is 2.93 bits per heavy atom. The molecule has 0 unspecified atom stereocenters. The summed E-state index contributed by atoms with van der Waals surface area (Å²) < 4.78 is 33.2. The molecular formula is C18H24N4O4S. The minimum atomic E-state index is -3.80. The van der Waals surface area contributed by atoms with Crippen LogP contribution in [-0.2, 0) is 22.9 Å². The molecule has 1 aromatic carbocycles. The van der Waals surface area contributed by atoms with Crippen LogP contribution in [-0.4, -0.2) is 54.2 Å². The molecule has 0 radical (unpaired) electrons. The average Bonchev–Trinajstić information content (AvgIpc) is 3.28. The van der Waals surface area contributed by atoms with Crippen molar-refractivity contribution in [3.05, 3.63) is 35.5 Å². The molecule has 4 rings (SSSR count). The van der Waals surface area contributed by atoms with Crippen LogP contribution in [0.15, 0.2) is 27.6 Å². The smallest absolute Gasteiger partial charge is 0.245 e. The van der Waals surface area contributed by atoms with E-state index in [9.17, 15) is 13.5 Å². The summed E-state index contributed by atoms with van der Waals surface area (Å²) in [6, 6.07) is 4.63. The number of β-amino-alcohol motifs (C(OH)–C–C–N with tert-alkyl or cyclic N) is 1. The van der Waals surface area contributed by atoms with Crippen LogP contribution in [0, 0.1) is 0 Å². The third kappa shape index (κ3) is 3.24. The molecule has 2 aliphatic rings. The lowest BCUT2D eigenvalue weighted by Crippen LogP contribution is -2.32. The Bertz CT molecular complexity index is 943. The zero-order chi connectivity index (χ0) is 19.2. The van der Waals surface area contributed by atoms with E-state index >= 15 is 0 Å². The molecule has 8 nitrogen and oxygen atoms in total. The number of aryl methyl sites for hydroxylation is 2. The lowest BCUT2D eigenvalue weighted by Gasteiger charge is -2.28. The molecule has 0 amide bonds. The molecule has 2 aliphatic heterocycles. The molecule has 1 N–H and O–H groups in total. The predicted octanol–water partition coefficient (Wildman–Crippen LogP) is 1.51. The summed E-state index contributed by atoms with van der Waals surface area (Å²) in [4.78, 5) is 6.59. The summed E-state index contributed by atoms with van der Waals surface area (Å²) in [6.45, 7) is 2.82. The average molecular weight is 392 g/mol. The van der Waals surface area contributed by atoms with Gasteiger partial charge in [0.25, 0.3) is 0 Å². The van der Waals surface area contributed by atoms with Crippen LogP contribution in [0.4, 0.5) is 5.69 Å². The Kier molecular flexibility index (Phi) is 4.69. The van der Waals surface area contributed by atoms with Gasteiger partial charge in [0.1, 0.15) is 6.04 Å². The standard InChI is InChI=1S/C18H24N4O4S/c1-3-17-19-18(26-20-17)16-9-13(23)11-22(16)27(24,25)14-7-6-12-5-4-8-21(2)15(12)10-14/h6-7,10,13,16,23H,3-5,8-9,11H2,1-2H3/t13-,16+/m0/s1. The summed E-state index contributed by atoms with van der Waals surface area (Å²) in [5.74, 6) is 0.765. The molecule has 3 heterocycles. The van der Waals surface area contributed by atoms with Crippen molar-refractivity contribution in [2.75, 3.05) is 25.0 Å². The van der Waals surface area contributed by atoms with Gasteiger partial charge < -0.3 is 14.5 Å². The third-order valence-electron chi connectivity index (χ3n) is 5.33. The van der Waals surface area contributed by atoms with Crippen LogP contribution in [0.2, 0.25) is 0 Å². The van der Waals surface area contributed by atoms with E-state index in [1.807, 2.05) is 20.0 Å². The molecule has 0 saturated carbocycles. The lowest BCUT2D eigenvalue weighted by molar-refractivity contribution is 0.188. The van der Waals surface area contributed by atoms with Crippen molar-refractivity contribution in [2.24, 2.45) is 0 Å². The molecule has 0 bridgehead atoms. The Hall–Kier alpha value is -1.97. The number of sulfonamides is 1. The van der Waals surface area contributed by atoms with Gasteiger partial charge in [-0.15, -0.1) is 0 Å². The molecule has 1 fully saturated rings. The van der Waals surface area contributed by atoms with Crippen molar-refractivity contribution in [1.29, 1.82) is 0 Å². The van der Waals surface area contributed by atoms with Crippen molar-refractivity contribution < 1.29 is 18.0 Å². The normalized spacial score (nSPS) is 23.6. The number of rotatable bonds is 4. The van der Waals surface area contributed by atoms with Crippen molar-refractivity contribution in [3.8, 4) is 0 Å². The number of nitrogens with zero attached hydrogens (tertiary/aromatic N) is 4. The minimum absolute atomic E-state index is 0.0176. The predicted molar refractivity (Wildman–Crippen MR) is 99.0 cm³/mol. The fourth-order valence-corrected chi connectivity index (χ4v) is 5.51. The summed E-state index contributed by atoms with van der Waals surface area (Å²) >= 11 is 0. The highest BCUT2D eigenvalue weighted by Crippen LogP contribution is 2.37. The van der Waals surface area contributed by atoms with E-state index in [4.69, 9.17) is 4.52 Å². The first-order valence-electron chi connectivity index (χ1n) is 9.26. The highest BCUT2D eigenvalue weighted by molar-refractivity contribution is 7.89. The molecule has 0 spiro atoms. The number of aliphatic hydroxyl groups excluding tert-OH is 1. The van der Waals surface area contributed by atoms with Gasteiger partial charge in [-0.1, -0.05) is 18.1 Å². The van der Waals surface area contributed by atoms with Gasteiger partial charge in [0.15, 0.2) is 5.82 Å². The number of hydrogen-bond donors (Lipinski definition) is 1. The first-order chi connectivity index (χ1) is 12.9. The highest BCUT2D eigenvalue weighted by atomic mass is 32.2. The maximum Gasteiger partial charge on any atom is 0.245 e. The van der Waals surface area contributed by atoms with Gasteiger partial charge in [-0.3, -0.25) is 0 Å². The zero-order valence-electron chi connectivity index (χ0n) is 15.5. The minimum Gasteiger partial charge on any atom is -0.392 e. The quantitative estimate of drug-likeness (QED) is 0.842. The fraction of sp³-hybridized carbons (Fsp3) is 0.556. The van der Waals surface area contributed by atoms with Gasteiger partial charge in [0.05, 0.1) is 11.0 Å². The van der Waals surface area contributed by atoms with Crippen LogP contribution < -0.4 is 4.90 Å². The molecule has 9 heteroatoms. The Morgan fingerprint density at radius 1 is 1.37 bits per heavy atom. The van der Waals surface area contributed by atoms with Gasteiger partial charge in [-0.25, -0.2) is 8.42 Å². The van der Waals surface area contributed by atoms with Crippen LogP contribution in [0.25, 0.3) is 0 Å². The van der Waals surface area contributed by atoms with Crippen LogP contribution in [0.1, 0.15) is 43.1 Å². The van der Waals surface area contributed by atoms with E-state index in [-0.39, 0.29) is 23.8 Å². The van der Waals surface area contributed by atoms with Crippen LogP contribution in [0.3, 0.4) is 0 Å². The number of anilines is 1. The zero-order valence-corrected chi connectivity index (χ0v) is 16.3. The second-order valence-electron chi connectivity index (χ2n) is 7.20. The Morgan fingerprint density at radius 2 is 2.19 bits per heavy atom. The van der Waals surface area contributed by atoms with Crippen molar-refractivity contribution in [3.63, 3.8) is 0 Å². The van der Waals surface area contributed by atoms with E-state index < -0.39 is 22.2 Å². The molecule has 1 saturated heterocycles. The van der Waals surface area contributed by atoms with E-state index in [0.717, 1.165) is 30.6 Å². The fourth-order valence-electron chi connectivity index (χ4n) is 3.85. The van der Waals surface area contributed by atoms with Crippen molar-refractivity contribution in [2.45, 2.75) is 49.6 Å². The largest absolute Gasteiger partial charge is 0.392 e. The van der Waals surface area contributed by atoms with E-state index in [2.05, 4.69) is 15.0 Å². The summed E-state index contributed by atoms with van der Waals surface area (Å²) in [5, 5.41) is 14.0. The number of fused-ring (bicyclic) bond motifs is 1. The first-order valence-corrected chi connectivity index (χ1v) is 10.7. The van der Waals surface area contributed by atoms with Crippen LogP contribution >= 0.6 is 0 Å². The van der Waals surface area contributed by atoms with E-state index in [1.165, 1.54) is 4.31 Å². The molecule has 0 aliphatic carbocycles. The molecular weight excluding hydrogens is 368 g/mol.